The van der Waals surface area contributed by atoms with Gasteiger partial charge in [-0.1, -0.05) is 12.1 Å². The number of hydrogen-bond acceptors (Lipinski definition) is 4. The molecule has 0 saturated carbocycles. The third kappa shape index (κ3) is 4.51. The van der Waals surface area contributed by atoms with E-state index in [-0.39, 0.29) is 12.4 Å². The van der Waals surface area contributed by atoms with Crippen molar-refractivity contribution in [1.29, 1.82) is 0 Å². The number of amides is 2. The van der Waals surface area contributed by atoms with Crippen LogP contribution < -0.4 is 11.1 Å². The van der Waals surface area contributed by atoms with Crippen LogP contribution in [0.15, 0.2) is 24.3 Å². The van der Waals surface area contributed by atoms with Crippen molar-refractivity contribution in [3.8, 4) is 0 Å². The quantitative estimate of drug-likeness (QED) is 0.738. The Balaban J connectivity index is 1.77. The highest BCUT2D eigenvalue weighted by Crippen LogP contribution is 2.04. The smallest absolute Gasteiger partial charge is 0.311 e. The van der Waals surface area contributed by atoms with Crippen LogP contribution >= 0.6 is 0 Å². The number of benzene rings is 1. The summed E-state index contributed by atoms with van der Waals surface area (Å²) in [5, 5.41) is 2.57. The van der Waals surface area contributed by atoms with Gasteiger partial charge in [0.1, 0.15) is 5.82 Å². The van der Waals surface area contributed by atoms with Gasteiger partial charge in [0, 0.05) is 45.8 Å². The number of nitrogens with zero attached hydrogens (tertiary/aromatic N) is 2. The van der Waals surface area contributed by atoms with E-state index in [4.69, 9.17) is 5.73 Å². The van der Waals surface area contributed by atoms with Gasteiger partial charge in [-0.3, -0.25) is 14.5 Å². The number of carbonyl (C=O) groups is 2. The lowest BCUT2D eigenvalue weighted by Crippen LogP contribution is -2.53. The molecule has 0 aromatic heterocycles. The lowest BCUT2D eigenvalue weighted by Gasteiger charge is -2.34. The van der Waals surface area contributed by atoms with Gasteiger partial charge in [0.05, 0.1) is 0 Å². The zero-order chi connectivity index (χ0) is 15.9. The van der Waals surface area contributed by atoms with Gasteiger partial charge >= 0.3 is 11.8 Å². The number of rotatable bonds is 4. The fraction of sp³-hybridized carbons (Fsp3) is 0.467. The minimum absolute atomic E-state index is 0.206. The Bertz CT molecular complexity index is 513. The van der Waals surface area contributed by atoms with Crippen molar-refractivity contribution >= 4 is 11.8 Å². The van der Waals surface area contributed by atoms with E-state index >= 15 is 0 Å². The molecule has 1 heterocycles. The lowest BCUT2D eigenvalue weighted by atomic mass is 10.2. The van der Waals surface area contributed by atoms with Crippen LogP contribution in [0.25, 0.3) is 0 Å². The molecule has 120 valence electrons. The first kappa shape index (κ1) is 16.4. The van der Waals surface area contributed by atoms with Crippen LogP contribution in [0.3, 0.4) is 0 Å². The van der Waals surface area contributed by atoms with Gasteiger partial charge in [-0.05, 0) is 17.7 Å². The van der Waals surface area contributed by atoms with Crippen LogP contribution in [-0.2, 0) is 16.1 Å². The second-order valence-electron chi connectivity index (χ2n) is 5.23. The van der Waals surface area contributed by atoms with E-state index in [0.29, 0.717) is 19.6 Å². The molecule has 0 radical (unpaired) electrons. The molecule has 6 nitrogen and oxygen atoms in total. The van der Waals surface area contributed by atoms with E-state index in [1.165, 1.54) is 12.1 Å². The number of piperazine rings is 1. The van der Waals surface area contributed by atoms with E-state index in [1.54, 1.807) is 17.0 Å². The first-order valence-electron chi connectivity index (χ1n) is 7.34. The average Bonchev–Trinajstić information content (AvgIpc) is 2.54. The summed E-state index contributed by atoms with van der Waals surface area (Å²) in [6.45, 7) is 4.12. The van der Waals surface area contributed by atoms with Crippen LogP contribution in [-0.4, -0.2) is 60.9 Å². The maximum absolute atomic E-state index is 12.8. The number of nitrogens with two attached hydrogens (primary N) is 1. The monoisotopic (exact) mass is 308 g/mol. The average molecular weight is 308 g/mol. The molecule has 0 atom stereocenters. The van der Waals surface area contributed by atoms with Gasteiger partial charge in [-0.2, -0.15) is 0 Å². The van der Waals surface area contributed by atoms with Crippen molar-refractivity contribution in [2.75, 3.05) is 39.3 Å². The molecule has 1 saturated heterocycles. The van der Waals surface area contributed by atoms with Crippen LogP contribution in [0.1, 0.15) is 5.56 Å². The summed E-state index contributed by atoms with van der Waals surface area (Å²) in [4.78, 5) is 27.6. The second kappa shape index (κ2) is 7.86. The summed E-state index contributed by atoms with van der Waals surface area (Å²) in [5.41, 5.74) is 6.24. The number of halogens is 1. The van der Waals surface area contributed by atoms with Crippen molar-refractivity contribution in [2.24, 2.45) is 5.73 Å². The first-order chi connectivity index (χ1) is 10.6. The molecule has 1 aliphatic rings. The van der Waals surface area contributed by atoms with E-state index in [9.17, 15) is 14.0 Å². The van der Waals surface area contributed by atoms with Crippen LogP contribution in [0.5, 0.6) is 0 Å². The third-order valence-electron chi connectivity index (χ3n) is 3.67. The predicted octanol–water partition coefficient (Wildman–Crippen LogP) is -0.455. The Morgan fingerprint density at radius 2 is 1.77 bits per heavy atom. The maximum atomic E-state index is 12.8. The summed E-state index contributed by atoms with van der Waals surface area (Å²) < 4.78 is 12.8. The minimum atomic E-state index is -0.628. The molecule has 0 spiro atoms. The SMILES string of the molecule is NCCN1CCN(C(=O)C(=O)NCc2ccc(F)cc2)CC1. The summed E-state index contributed by atoms with van der Waals surface area (Å²) in [6, 6.07) is 5.79. The summed E-state index contributed by atoms with van der Waals surface area (Å²) in [7, 11) is 0. The van der Waals surface area contributed by atoms with Crippen molar-refractivity contribution in [2.45, 2.75) is 6.54 Å². The van der Waals surface area contributed by atoms with Crippen LogP contribution in [0.2, 0.25) is 0 Å². The van der Waals surface area contributed by atoms with Gasteiger partial charge in [-0.15, -0.1) is 0 Å². The molecule has 22 heavy (non-hydrogen) atoms. The number of hydrogen-bond donors (Lipinski definition) is 2. The summed E-state index contributed by atoms with van der Waals surface area (Å²) >= 11 is 0. The van der Waals surface area contributed by atoms with E-state index < -0.39 is 11.8 Å². The standard InChI is InChI=1S/C15H21FN4O2/c16-13-3-1-12(2-4-13)11-18-14(21)15(22)20-9-7-19(6-5-17)8-10-20/h1-4H,5-11,17H2,(H,18,21). The van der Waals surface area contributed by atoms with E-state index in [0.717, 1.165) is 25.2 Å². The Morgan fingerprint density at radius 3 is 2.36 bits per heavy atom. The highest BCUT2D eigenvalue weighted by Gasteiger charge is 2.25. The van der Waals surface area contributed by atoms with Crippen molar-refractivity contribution in [3.05, 3.63) is 35.6 Å². The van der Waals surface area contributed by atoms with Gasteiger partial charge in [0.25, 0.3) is 0 Å². The van der Waals surface area contributed by atoms with Crippen molar-refractivity contribution < 1.29 is 14.0 Å². The normalized spacial score (nSPS) is 15.6. The van der Waals surface area contributed by atoms with E-state index in [2.05, 4.69) is 10.2 Å². The van der Waals surface area contributed by atoms with Crippen LogP contribution in [0, 0.1) is 5.82 Å². The molecular formula is C15H21FN4O2. The molecule has 0 unspecified atom stereocenters. The fourth-order valence-corrected chi connectivity index (χ4v) is 2.36. The highest BCUT2D eigenvalue weighted by molar-refractivity contribution is 6.34. The molecule has 2 amide bonds. The molecule has 3 N–H and O–H groups in total. The lowest BCUT2D eigenvalue weighted by molar-refractivity contribution is -0.147. The van der Waals surface area contributed by atoms with E-state index in [1.807, 2.05) is 0 Å². The van der Waals surface area contributed by atoms with Gasteiger partial charge < -0.3 is 16.0 Å². The fourth-order valence-electron chi connectivity index (χ4n) is 2.36. The number of carbonyl (C=O) groups excluding carboxylic acids is 2. The predicted molar refractivity (Wildman–Crippen MR) is 80.3 cm³/mol. The molecule has 7 heteroatoms. The van der Waals surface area contributed by atoms with Gasteiger partial charge in [0.15, 0.2) is 0 Å². The zero-order valence-corrected chi connectivity index (χ0v) is 12.4. The molecule has 2 rings (SSSR count). The van der Waals surface area contributed by atoms with Crippen molar-refractivity contribution in [3.63, 3.8) is 0 Å². The maximum Gasteiger partial charge on any atom is 0.311 e. The third-order valence-corrected chi connectivity index (χ3v) is 3.67. The highest BCUT2D eigenvalue weighted by atomic mass is 19.1. The minimum Gasteiger partial charge on any atom is -0.344 e. The summed E-state index contributed by atoms with van der Waals surface area (Å²) in [5.74, 6) is -1.48. The molecule has 1 aromatic carbocycles. The first-order valence-corrected chi connectivity index (χ1v) is 7.34. The molecular weight excluding hydrogens is 287 g/mol. The van der Waals surface area contributed by atoms with Gasteiger partial charge in [0.2, 0.25) is 0 Å². The molecule has 0 aliphatic carbocycles. The largest absolute Gasteiger partial charge is 0.344 e. The van der Waals surface area contributed by atoms with Gasteiger partial charge in [-0.25, -0.2) is 4.39 Å². The Labute approximate surface area is 129 Å². The van der Waals surface area contributed by atoms with Crippen LogP contribution in [0.4, 0.5) is 4.39 Å². The molecule has 1 aromatic rings. The topological polar surface area (TPSA) is 78.7 Å². The Kier molecular flexibility index (Phi) is 5.85. The Morgan fingerprint density at radius 1 is 1.14 bits per heavy atom. The molecule has 1 fully saturated rings. The molecule has 0 bridgehead atoms. The second-order valence-corrected chi connectivity index (χ2v) is 5.23. The summed E-state index contributed by atoms with van der Waals surface area (Å²) in [6.07, 6.45) is 0. The molecule has 1 aliphatic heterocycles. The Hall–Kier alpha value is -1.99. The number of nitrogens with one attached hydrogen (secondary N) is 1. The zero-order valence-electron chi connectivity index (χ0n) is 12.4. The van der Waals surface area contributed by atoms with Crippen molar-refractivity contribution in [1.82, 2.24) is 15.1 Å².